The molecule has 36 heavy (non-hydrogen) atoms. The van der Waals surface area contributed by atoms with Crippen molar-refractivity contribution in [2.24, 2.45) is 0 Å². The van der Waals surface area contributed by atoms with Gasteiger partial charge in [-0.25, -0.2) is 0 Å². The van der Waals surface area contributed by atoms with Gasteiger partial charge in [-0.3, -0.25) is 9.59 Å². The van der Waals surface area contributed by atoms with E-state index < -0.39 is 17.7 Å². The molecule has 1 unspecified atom stereocenters. The van der Waals surface area contributed by atoms with Crippen molar-refractivity contribution in [2.75, 3.05) is 20.8 Å². The van der Waals surface area contributed by atoms with Gasteiger partial charge in [0, 0.05) is 10.4 Å². The Hall–Kier alpha value is -3.78. The lowest BCUT2D eigenvalue weighted by Crippen LogP contribution is -2.28. The summed E-state index contributed by atoms with van der Waals surface area (Å²) in [7, 11) is 3.06. The molecule has 1 fully saturated rings. The monoisotopic (exact) mass is 507 g/mol. The highest BCUT2D eigenvalue weighted by Gasteiger charge is 2.46. The topological polar surface area (TPSA) is 85.3 Å². The number of likely N-dealkylation sites (tertiary alicyclic amines) is 1. The van der Waals surface area contributed by atoms with E-state index >= 15 is 0 Å². The van der Waals surface area contributed by atoms with Crippen LogP contribution < -0.4 is 14.2 Å². The van der Waals surface area contributed by atoms with Gasteiger partial charge in [0.2, 0.25) is 0 Å². The number of carbonyl (C=O) groups is 2. The molecule has 2 heterocycles. The Morgan fingerprint density at radius 3 is 2.42 bits per heavy atom. The number of Topliss-reactive ketones (excluding diaryl/α,β-unsaturated/α-hetero) is 1. The maximum absolute atomic E-state index is 13.3. The van der Waals surface area contributed by atoms with Gasteiger partial charge < -0.3 is 24.2 Å². The number of hydrogen-bond donors (Lipinski definition) is 1. The Morgan fingerprint density at radius 1 is 1.03 bits per heavy atom. The Morgan fingerprint density at radius 2 is 1.78 bits per heavy atom. The van der Waals surface area contributed by atoms with E-state index in [0.29, 0.717) is 35.0 Å². The Bertz CT molecular complexity index is 1300. The number of amides is 1. The minimum atomic E-state index is -0.803. The summed E-state index contributed by atoms with van der Waals surface area (Å²) in [5, 5.41) is 13.3. The van der Waals surface area contributed by atoms with Crippen LogP contribution in [-0.4, -0.2) is 42.5 Å². The van der Waals surface area contributed by atoms with Crippen LogP contribution in [0.5, 0.6) is 17.2 Å². The molecule has 1 amide bonds. The molecule has 1 aromatic heterocycles. The molecule has 1 N–H and O–H groups in total. The lowest BCUT2D eigenvalue weighted by Gasteiger charge is -2.25. The second-order valence-electron chi connectivity index (χ2n) is 8.45. The fourth-order valence-electron chi connectivity index (χ4n) is 4.31. The lowest BCUT2D eigenvalue weighted by molar-refractivity contribution is -0.140. The summed E-state index contributed by atoms with van der Waals surface area (Å²) in [5.41, 5.74) is 1.92. The number of aliphatic hydroxyl groups is 1. The van der Waals surface area contributed by atoms with Crippen LogP contribution in [0.15, 0.2) is 59.5 Å². The molecule has 1 saturated heterocycles. The zero-order valence-electron chi connectivity index (χ0n) is 20.7. The molecule has 188 valence electrons. The molecule has 8 heteroatoms. The van der Waals surface area contributed by atoms with Crippen LogP contribution in [0.1, 0.15) is 41.0 Å². The van der Waals surface area contributed by atoms with Crippen LogP contribution >= 0.6 is 11.3 Å². The van der Waals surface area contributed by atoms with E-state index in [1.54, 1.807) is 36.4 Å². The van der Waals surface area contributed by atoms with Crippen LogP contribution in [0, 0.1) is 6.92 Å². The predicted octanol–water partition coefficient (Wildman–Crippen LogP) is 5.48. The molecular weight excluding hydrogens is 478 g/mol. The summed E-state index contributed by atoms with van der Waals surface area (Å²) in [6.45, 7) is 4.72. The van der Waals surface area contributed by atoms with Gasteiger partial charge in [-0.05, 0) is 66.2 Å². The number of rotatable bonds is 9. The van der Waals surface area contributed by atoms with E-state index in [4.69, 9.17) is 14.2 Å². The molecule has 1 aliphatic heterocycles. The lowest BCUT2D eigenvalue weighted by atomic mass is 9.94. The first-order chi connectivity index (χ1) is 17.4. The van der Waals surface area contributed by atoms with Gasteiger partial charge in [-0.15, -0.1) is 11.3 Å². The first kappa shape index (κ1) is 25.3. The van der Waals surface area contributed by atoms with E-state index in [-0.39, 0.29) is 17.9 Å². The molecule has 0 saturated carbocycles. The van der Waals surface area contributed by atoms with Gasteiger partial charge in [-0.2, -0.15) is 0 Å². The number of hydrogen-bond acceptors (Lipinski definition) is 7. The number of benzene rings is 2. The summed E-state index contributed by atoms with van der Waals surface area (Å²) in [4.78, 5) is 29.0. The van der Waals surface area contributed by atoms with Gasteiger partial charge >= 0.3 is 0 Å². The number of ketones is 1. The van der Waals surface area contributed by atoms with E-state index in [2.05, 4.69) is 0 Å². The molecule has 1 atom stereocenters. The number of aliphatic hydroxyl groups excluding tert-OH is 1. The van der Waals surface area contributed by atoms with Gasteiger partial charge in [0.25, 0.3) is 11.7 Å². The number of methoxy groups -OCH3 is 2. The smallest absolute Gasteiger partial charge is 0.295 e. The van der Waals surface area contributed by atoms with E-state index in [1.165, 1.54) is 30.5 Å². The van der Waals surface area contributed by atoms with Crippen molar-refractivity contribution in [2.45, 2.75) is 32.9 Å². The van der Waals surface area contributed by atoms with Gasteiger partial charge in [0.05, 0.1) is 39.0 Å². The second kappa shape index (κ2) is 10.9. The molecule has 0 radical (unpaired) electrons. The summed E-state index contributed by atoms with van der Waals surface area (Å²) < 4.78 is 16.6. The summed E-state index contributed by atoms with van der Waals surface area (Å²) in [6, 6.07) is 13.5. The number of carbonyl (C=O) groups excluding carboxylic acids is 2. The third-order valence-electron chi connectivity index (χ3n) is 6.08. The first-order valence-electron chi connectivity index (χ1n) is 11.7. The van der Waals surface area contributed by atoms with E-state index in [0.717, 1.165) is 16.9 Å². The second-order valence-corrected chi connectivity index (χ2v) is 9.48. The molecule has 7 nitrogen and oxygen atoms in total. The first-order valence-corrected chi connectivity index (χ1v) is 12.5. The number of aryl methyl sites for hydroxylation is 1. The molecule has 0 spiro atoms. The van der Waals surface area contributed by atoms with Gasteiger partial charge in [-0.1, -0.05) is 19.1 Å². The van der Waals surface area contributed by atoms with Crippen molar-refractivity contribution in [1.29, 1.82) is 0 Å². The molecule has 2 aromatic carbocycles. The van der Waals surface area contributed by atoms with Crippen LogP contribution in [0.4, 0.5) is 0 Å². The van der Waals surface area contributed by atoms with Gasteiger partial charge in [0.1, 0.15) is 11.5 Å². The average Bonchev–Trinajstić information content (AvgIpc) is 3.49. The minimum absolute atomic E-state index is 0.0328. The number of nitrogens with zero attached hydrogens (tertiary/aromatic N) is 1. The van der Waals surface area contributed by atoms with Crippen LogP contribution in [0.3, 0.4) is 0 Å². The highest BCUT2D eigenvalue weighted by molar-refractivity contribution is 7.09. The molecule has 3 aromatic rings. The highest BCUT2D eigenvalue weighted by Crippen LogP contribution is 2.43. The quantitative estimate of drug-likeness (QED) is 0.234. The molecule has 1 aliphatic rings. The van der Waals surface area contributed by atoms with Crippen molar-refractivity contribution in [3.05, 3.63) is 81.1 Å². The molecule has 0 aliphatic carbocycles. The number of thiophene rings is 1. The standard InChI is InChI=1S/C28H29NO6S/c1-5-12-35-21-10-9-19(14-17(21)2)26(30)24-25(18-8-11-22(33-3)23(15-18)34-4)29(28(32)27(24)31)16-20-7-6-13-36-20/h6-11,13-15,25,30H,5,12,16H2,1-4H3/b26-24-. The fraction of sp³-hybridized carbons (Fsp3) is 0.286. The Balaban J connectivity index is 1.85. The van der Waals surface area contributed by atoms with Crippen molar-refractivity contribution >= 4 is 28.8 Å². The van der Waals surface area contributed by atoms with E-state index in [1.807, 2.05) is 31.4 Å². The van der Waals surface area contributed by atoms with Gasteiger partial charge in [0.15, 0.2) is 11.5 Å². The Kier molecular flexibility index (Phi) is 7.64. The minimum Gasteiger partial charge on any atom is -0.507 e. The highest BCUT2D eigenvalue weighted by atomic mass is 32.1. The van der Waals surface area contributed by atoms with Crippen molar-refractivity contribution in [3.63, 3.8) is 0 Å². The maximum atomic E-state index is 13.3. The summed E-state index contributed by atoms with van der Waals surface area (Å²) >= 11 is 1.50. The SMILES string of the molecule is CCCOc1ccc(/C(O)=C2/C(=O)C(=O)N(Cc3cccs3)C2c2ccc(OC)c(OC)c2)cc1C. The van der Waals surface area contributed by atoms with Crippen molar-refractivity contribution in [3.8, 4) is 17.2 Å². The normalized spacial score (nSPS) is 16.9. The molecular formula is C28H29NO6S. The average molecular weight is 508 g/mol. The van der Waals surface area contributed by atoms with Crippen molar-refractivity contribution in [1.82, 2.24) is 4.90 Å². The Labute approximate surface area is 214 Å². The maximum Gasteiger partial charge on any atom is 0.295 e. The summed E-state index contributed by atoms with van der Waals surface area (Å²) in [5.74, 6) is 0.0758. The molecule has 4 rings (SSSR count). The molecule has 0 bridgehead atoms. The van der Waals surface area contributed by atoms with Crippen LogP contribution in [0.2, 0.25) is 0 Å². The van der Waals surface area contributed by atoms with Crippen molar-refractivity contribution < 1.29 is 28.9 Å². The zero-order chi connectivity index (χ0) is 25.8. The fourth-order valence-corrected chi connectivity index (χ4v) is 5.01. The third kappa shape index (κ3) is 4.81. The van der Waals surface area contributed by atoms with Crippen LogP contribution in [-0.2, 0) is 16.1 Å². The zero-order valence-corrected chi connectivity index (χ0v) is 21.6. The van der Waals surface area contributed by atoms with Crippen LogP contribution in [0.25, 0.3) is 5.76 Å². The van der Waals surface area contributed by atoms with E-state index in [9.17, 15) is 14.7 Å². The number of ether oxygens (including phenoxy) is 3. The largest absolute Gasteiger partial charge is 0.507 e. The summed E-state index contributed by atoms with van der Waals surface area (Å²) in [6.07, 6.45) is 0.875. The predicted molar refractivity (Wildman–Crippen MR) is 139 cm³/mol. The third-order valence-corrected chi connectivity index (χ3v) is 6.94.